The van der Waals surface area contributed by atoms with Crippen molar-refractivity contribution in [2.24, 2.45) is 0 Å². The van der Waals surface area contributed by atoms with Crippen LogP contribution in [0.3, 0.4) is 0 Å². The Bertz CT molecular complexity index is 1090. The number of hydrogen-bond acceptors (Lipinski definition) is 4. The molecule has 31 heavy (non-hydrogen) atoms. The first kappa shape index (κ1) is 20.7. The van der Waals surface area contributed by atoms with E-state index in [0.29, 0.717) is 13.1 Å². The van der Waals surface area contributed by atoms with Crippen LogP contribution < -0.4 is 5.32 Å². The molecule has 1 aromatic carbocycles. The lowest BCUT2D eigenvalue weighted by Crippen LogP contribution is -2.41. The Balaban J connectivity index is 1.49. The molecule has 2 aliphatic rings. The summed E-state index contributed by atoms with van der Waals surface area (Å²) in [6, 6.07) is 3.47. The zero-order chi connectivity index (χ0) is 22.3. The molecule has 3 heterocycles. The maximum atomic E-state index is 13.6. The number of benzene rings is 1. The number of nitrogens with one attached hydrogen (secondary N) is 2. The number of H-pyrrole nitrogens is 1. The van der Waals surface area contributed by atoms with Crippen molar-refractivity contribution in [3.8, 4) is 0 Å². The van der Waals surface area contributed by atoms with Gasteiger partial charge in [-0.3, -0.25) is 19.3 Å². The maximum absolute atomic E-state index is 13.6. The van der Waals surface area contributed by atoms with E-state index < -0.39 is 41.4 Å². The average molecular weight is 430 g/mol. The normalized spacial score (nSPS) is 21.0. The minimum absolute atomic E-state index is 0.0554. The van der Waals surface area contributed by atoms with Gasteiger partial charge in [0.1, 0.15) is 11.2 Å². The third kappa shape index (κ3) is 3.58. The number of hydrogen-bond donors (Lipinski definition) is 2. The number of carbonyl (C=O) groups is 4. The smallest absolute Gasteiger partial charge is 0.325 e. The van der Waals surface area contributed by atoms with E-state index in [9.17, 15) is 28.0 Å². The molecule has 0 radical (unpaired) electrons. The quantitative estimate of drug-likeness (QED) is 0.561. The summed E-state index contributed by atoms with van der Waals surface area (Å²) in [5.74, 6) is -3.76. The van der Waals surface area contributed by atoms with Crippen LogP contribution in [0.25, 0.3) is 0 Å². The van der Waals surface area contributed by atoms with E-state index in [-0.39, 0.29) is 22.7 Å². The van der Waals surface area contributed by atoms with E-state index >= 15 is 0 Å². The number of halogens is 2. The summed E-state index contributed by atoms with van der Waals surface area (Å²) in [5.41, 5.74) is -1.17. The molecule has 0 spiro atoms. The van der Waals surface area contributed by atoms with Crippen molar-refractivity contribution in [1.29, 1.82) is 0 Å². The lowest BCUT2D eigenvalue weighted by atomic mass is 9.92. The fraction of sp³-hybridized carbons (Fsp3) is 0.333. The first-order chi connectivity index (χ1) is 14.7. The van der Waals surface area contributed by atoms with Gasteiger partial charge >= 0.3 is 6.03 Å². The van der Waals surface area contributed by atoms with Gasteiger partial charge in [0, 0.05) is 24.8 Å². The van der Waals surface area contributed by atoms with Crippen LogP contribution in [0.15, 0.2) is 30.5 Å². The van der Waals surface area contributed by atoms with E-state index in [1.165, 1.54) is 25.3 Å². The number of imide groups is 1. The molecule has 2 fully saturated rings. The summed E-state index contributed by atoms with van der Waals surface area (Å²) < 4.78 is 26.9. The zero-order valence-electron chi connectivity index (χ0n) is 16.7. The zero-order valence-corrected chi connectivity index (χ0v) is 16.7. The summed E-state index contributed by atoms with van der Waals surface area (Å²) in [4.78, 5) is 55.5. The first-order valence-electron chi connectivity index (χ1n) is 9.81. The molecule has 8 nitrogen and oxygen atoms in total. The highest BCUT2D eigenvalue weighted by Gasteiger charge is 2.49. The number of nitrogens with zero attached hydrogens (tertiary/aromatic N) is 2. The van der Waals surface area contributed by atoms with Gasteiger partial charge in [0.15, 0.2) is 17.4 Å². The van der Waals surface area contributed by atoms with Crippen LogP contribution in [0.5, 0.6) is 0 Å². The molecule has 1 atom stereocenters. The summed E-state index contributed by atoms with van der Waals surface area (Å²) in [6.07, 6.45) is 3.22. The van der Waals surface area contributed by atoms with Gasteiger partial charge in [-0.15, -0.1) is 0 Å². The number of aromatic amines is 1. The number of urea groups is 1. The Morgan fingerprint density at radius 3 is 2.48 bits per heavy atom. The van der Waals surface area contributed by atoms with Gasteiger partial charge in [-0.25, -0.2) is 13.6 Å². The second-order valence-corrected chi connectivity index (χ2v) is 7.80. The highest BCUT2D eigenvalue weighted by atomic mass is 19.2. The Hall–Kier alpha value is -3.56. The average Bonchev–Trinajstić information content (AvgIpc) is 3.48. The minimum Gasteiger partial charge on any atom is -0.356 e. The molecule has 1 aromatic heterocycles. The minimum atomic E-state index is -1.64. The number of Topliss-reactive ketones (excluding diaryl/α,β-unsaturated/α-hetero) is 1. The second-order valence-electron chi connectivity index (χ2n) is 7.80. The molecular weight excluding hydrogens is 410 g/mol. The topological polar surface area (TPSA) is 103 Å². The molecular formula is C21H20F2N4O4. The van der Waals surface area contributed by atoms with Crippen LogP contribution in [-0.2, 0) is 10.3 Å². The molecule has 0 saturated carbocycles. The molecule has 162 valence electrons. The van der Waals surface area contributed by atoms with Gasteiger partial charge in [0.05, 0.1) is 6.54 Å². The molecule has 4 amide bonds. The highest BCUT2D eigenvalue weighted by Crippen LogP contribution is 2.30. The molecule has 4 rings (SSSR count). The fourth-order valence-electron chi connectivity index (χ4n) is 3.85. The molecule has 0 unspecified atom stereocenters. The van der Waals surface area contributed by atoms with Crippen molar-refractivity contribution >= 4 is 23.6 Å². The van der Waals surface area contributed by atoms with Crippen LogP contribution in [0.1, 0.15) is 46.2 Å². The molecule has 10 heteroatoms. The van der Waals surface area contributed by atoms with Crippen molar-refractivity contribution in [3.63, 3.8) is 0 Å². The SMILES string of the molecule is C[C@@]1(c2ccc(F)c(F)c2)NC(=O)N(CC(=O)c2c[nH]c(C(=O)N3CCCC3)c2)C1=O. The first-order valence-corrected chi connectivity index (χ1v) is 9.81. The predicted molar refractivity (Wildman–Crippen MR) is 104 cm³/mol. The van der Waals surface area contributed by atoms with Gasteiger partial charge in [0.2, 0.25) is 0 Å². The van der Waals surface area contributed by atoms with E-state index in [1.807, 2.05) is 0 Å². The third-order valence-corrected chi connectivity index (χ3v) is 5.70. The van der Waals surface area contributed by atoms with Crippen molar-refractivity contribution in [2.75, 3.05) is 19.6 Å². The summed E-state index contributed by atoms with van der Waals surface area (Å²) in [7, 11) is 0. The Kier molecular flexibility index (Phi) is 5.08. The second kappa shape index (κ2) is 7.60. The largest absolute Gasteiger partial charge is 0.356 e. The number of likely N-dealkylation sites (tertiary alicyclic amines) is 1. The van der Waals surface area contributed by atoms with E-state index in [2.05, 4.69) is 10.3 Å². The number of ketones is 1. The number of aromatic nitrogens is 1. The molecule has 2 aromatic rings. The molecule has 0 aliphatic carbocycles. The molecule has 2 aliphatic heterocycles. The van der Waals surface area contributed by atoms with E-state index in [0.717, 1.165) is 29.9 Å². The van der Waals surface area contributed by atoms with Crippen LogP contribution in [-0.4, -0.2) is 58.0 Å². The third-order valence-electron chi connectivity index (χ3n) is 5.70. The van der Waals surface area contributed by atoms with Crippen LogP contribution in [0.4, 0.5) is 13.6 Å². The van der Waals surface area contributed by atoms with Crippen molar-refractivity contribution in [1.82, 2.24) is 20.1 Å². The Morgan fingerprint density at radius 2 is 1.81 bits per heavy atom. The molecule has 2 N–H and O–H groups in total. The lowest BCUT2D eigenvalue weighted by Gasteiger charge is -2.22. The number of amides is 4. The molecule has 2 saturated heterocycles. The van der Waals surface area contributed by atoms with Crippen LogP contribution in [0.2, 0.25) is 0 Å². The number of rotatable bonds is 5. The predicted octanol–water partition coefficient (Wildman–Crippen LogP) is 2.18. The highest BCUT2D eigenvalue weighted by molar-refractivity contribution is 6.11. The van der Waals surface area contributed by atoms with Gasteiger partial charge in [-0.2, -0.15) is 0 Å². The maximum Gasteiger partial charge on any atom is 0.325 e. The van der Waals surface area contributed by atoms with Gasteiger partial charge in [0.25, 0.3) is 11.8 Å². The van der Waals surface area contributed by atoms with Crippen LogP contribution in [0, 0.1) is 11.6 Å². The van der Waals surface area contributed by atoms with E-state index in [4.69, 9.17) is 0 Å². The summed E-state index contributed by atoms with van der Waals surface area (Å²) in [5, 5.41) is 2.44. The monoisotopic (exact) mass is 430 g/mol. The summed E-state index contributed by atoms with van der Waals surface area (Å²) >= 11 is 0. The summed E-state index contributed by atoms with van der Waals surface area (Å²) in [6.45, 7) is 2.12. The van der Waals surface area contributed by atoms with E-state index in [1.54, 1.807) is 4.90 Å². The van der Waals surface area contributed by atoms with Crippen molar-refractivity contribution < 1.29 is 28.0 Å². The Morgan fingerprint density at radius 1 is 1.10 bits per heavy atom. The lowest BCUT2D eigenvalue weighted by molar-refractivity contribution is -0.130. The van der Waals surface area contributed by atoms with Crippen LogP contribution >= 0.6 is 0 Å². The van der Waals surface area contributed by atoms with Gasteiger partial charge < -0.3 is 15.2 Å². The fourth-order valence-corrected chi connectivity index (χ4v) is 3.85. The Labute approximate surface area is 176 Å². The van der Waals surface area contributed by atoms with Crippen molar-refractivity contribution in [3.05, 3.63) is 58.9 Å². The van der Waals surface area contributed by atoms with Gasteiger partial charge in [-0.05, 0) is 43.5 Å². The molecule has 0 bridgehead atoms. The van der Waals surface area contributed by atoms with Crippen molar-refractivity contribution in [2.45, 2.75) is 25.3 Å². The number of carbonyl (C=O) groups excluding carboxylic acids is 4. The standard InChI is InChI=1S/C21H20F2N4O4/c1-21(13-4-5-14(22)15(23)9-13)19(30)27(20(31)25-21)11-17(28)12-8-16(24-10-12)18(29)26-6-2-3-7-26/h4-5,8-10,24H,2-3,6-7,11H2,1H3,(H,25,31)/t21-/m0/s1. The van der Waals surface area contributed by atoms with Gasteiger partial charge in [-0.1, -0.05) is 6.07 Å².